The van der Waals surface area contributed by atoms with Crippen LogP contribution in [0.4, 0.5) is 13.2 Å². The zero-order valence-electron chi connectivity index (χ0n) is 15.9. The minimum Gasteiger partial charge on any atom is -0.378 e. The number of aryl methyl sites for hydroxylation is 1. The largest absolute Gasteiger partial charge is 0.434 e. The average molecular weight is 439 g/mol. The molecule has 2 fully saturated rings. The second-order valence-corrected chi connectivity index (χ2v) is 8.49. The molecule has 30 heavy (non-hydrogen) atoms. The Morgan fingerprint density at radius 1 is 1.23 bits per heavy atom. The fourth-order valence-electron chi connectivity index (χ4n) is 4.22. The van der Waals surface area contributed by atoms with Gasteiger partial charge in [0.25, 0.3) is 5.56 Å². The Morgan fingerprint density at radius 3 is 2.50 bits per heavy atom. The fourth-order valence-corrected chi connectivity index (χ4v) is 4.49. The van der Waals surface area contributed by atoms with Gasteiger partial charge in [0.15, 0.2) is 11.2 Å². The van der Waals surface area contributed by atoms with E-state index in [4.69, 9.17) is 11.6 Å². The maximum Gasteiger partial charge on any atom is 0.434 e. The third-order valence-electron chi connectivity index (χ3n) is 5.94. The van der Waals surface area contributed by atoms with Crippen LogP contribution < -0.4 is 5.56 Å². The van der Waals surface area contributed by atoms with Crippen LogP contribution in [0.5, 0.6) is 0 Å². The molecule has 3 aromatic heterocycles. The van der Waals surface area contributed by atoms with E-state index in [2.05, 4.69) is 10.1 Å². The summed E-state index contributed by atoms with van der Waals surface area (Å²) in [5.74, 6) is -0.239. The lowest BCUT2D eigenvalue weighted by atomic mass is 9.84. The topological polar surface area (TPSA) is 72.9 Å². The first-order chi connectivity index (χ1) is 14.1. The Kier molecular flexibility index (Phi) is 4.11. The molecule has 6 nitrogen and oxygen atoms in total. The van der Waals surface area contributed by atoms with Crippen molar-refractivity contribution in [1.29, 1.82) is 0 Å². The summed E-state index contributed by atoms with van der Waals surface area (Å²) in [7, 11) is 1.61. The van der Waals surface area contributed by atoms with Crippen molar-refractivity contribution in [3.05, 3.63) is 56.9 Å². The van der Waals surface area contributed by atoms with E-state index < -0.39 is 22.5 Å². The number of fused-ring (bicyclic) bond motifs is 1. The number of halogens is 4. The van der Waals surface area contributed by atoms with Gasteiger partial charge in [-0.2, -0.15) is 18.3 Å². The first kappa shape index (κ1) is 19.6. The van der Waals surface area contributed by atoms with Gasteiger partial charge in [0.1, 0.15) is 5.60 Å². The molecule has 0 aromatic carbocycles. The van der Waals surface area contributed by atoms with Gasteiger partial charge in [-0.1, -0.05) is 11.6 Å². The van der Waals surface area contributed by atoms with Gasteiger partial charge in [0.05, 0.1) is 10.7 Å². The molecule has 158 valence electrons. The molecular weight excluding hydrogens is 421 g/mol. The molecule has 0 radical (unpaired) electrons. The molecule has 2 aliphatic carbocycles. The Bertz CT molecular complexity index is 1230. The lowest BCUT2D eigenvalue weighted by Crippen LogP contribution is -2.33. The van der Waals surface area contributed by atoms with Gasteiger partial charge >= 0.3 is 6.18 Å². The number of hydrogen-bond donors (Lipinski definition) is 1. The van der Waals surface area contributed by atoms with Crippen LogP contribution >= 0.6 is 11.6 Å². The lowest BCUT2D eigenvalue weighted by Gasteiger charge is -2.29. The molecule has 10 heteroatoms. The highest BCUT2D eigenvalue weighted by molar-refractivity contribution is 6.31. The summed E-state index contributed by atoms with van der Waals surface area (Å²) in [5.41, 5.74) is -2.36. The molecule has 2 saturated carbocycles. The van der Waals surface area contributed by atoms with Gasteiger partial charge in [0, 0.05) is 36.4 Å². The highest BCUT2D eigenvalue weighted by Crippen LogP contribution is 2.51. The van der Waals surface area contributed by atoms with Crippen molar-refractivity contribution in [2.45, 2.75) is 43.5 Å². The molecule has 1 N–H and O–H groups in total. The number of rotatable bonds is 4. The van der Waals surface area contributed by atoms with Crippen molar-refractivity contribution in [2.75, 3.05) is 0 Å². The van der Waals surface area contributed by atoms with E-state index in [9.17, 15) is 23.1 Å². The maximum atomic E-state index is 13.1. The molecule has 1 unspecified atom stereocenters. The van der Waals surface area contributed by atoms with Gasteiger partial charge in [-0.05, 0) is 43.7 Å². The van der Waals surface area contributed by atoms with Gasteiger partial charge in [-0.25, -0.2) is 4.98 Å². The lowest BCUT2D eigenvalue weighted by molar-refractivity contribution is -0.141. The summed E-state index contributed by atoms with van der Waals surface area (Å²) in [4.78, 5) is 16.4. The SMILES string of the molecule is Cn1nc2c(=O)n(C3CC3)ccc2c1C(O)(c1cnc(C(F)(F)F)c(Cl)c1)C1CC1. The van der Waals surface area contributed by atoms with Crippen molar-refractivity contribution in [1.82, 2.24) is 19.3 Å². The van der Waals surface area contributed by atoms with Crippen molar-refractivity contribution < 1.29 is 18.3 Å². The molecule has 0 aliphatic heterocycles. The van der Waals surface area contributed by atoms with Crippen LogP contribution in [-0.4, -0.2) is 24.4 Å². The number of alkyl halides is 3. The molecule has 5 rings (SSSR count). The first-order valence-electron chi connectivity index (χ1n) is 9.66. The number of nitrogens with zero attached hydrogens (tertiary/aromatic N) is 4. The zero-order chi connectivity index (χ0) is 21.4. The van der Waals surface area contributed by atoms with Crippen LogP contribution in [0.2, 0.25) is 5.02 Å². The van der Waals surface area contributed by atoms with Crippen LogP contribution in [-0.2, 0) is 18.8 Å². The van der Waals surface area contributed by atoms with Crippen LogP contribution in [0.3, 0.4) is 0 Å². The Balaban J connectivity index is 1.71. The highest BCUT2D eigenvalue weighted by atomic mass is 35.5. The molecule has 3 aromatic rings. The standard InChI is InChI=1S/C20H18ClF3N4O2/c1-27-17(13-6-7-28(12-4-5-12)18(29)15(13)26-27)19(30,10-2-3-10)11-8-14(21)16(25-9-11)20(22,23)24/h6-10,12,30H,2-5H2,1H3. The van der Waals surface area contributed by atoms with Crippen molar-refractivity contribution in [2.24, 2.45) is 13.0 Å². The Hall–Kier alpha value is -2.39. The summed E-state index contributed by atoms with van der Waals surface area (Å²) >= 11 is 5.88. The van der Waals surface area contributed by atoms with E-state index in [1.165, 1.54) is 4.68 Å². The third kappa shape index (κ3) is 2.86. The van der Waals surface area contributed by atoms with Crippen molar-refractivity contribution in [3.8, 4) is 0 Å². The number of aliphatic hydroxyl groups is 1. The molecule has 3 heterocycles. The highest BCUT2D eigenvalue weighted by Gasteiger charge is 2.50. The normalized spacial score (nSPS) is 19.3. The number of pyridine rings is 2. The smallest absolute Gasteiger partial charge is 0.378 e. The van der Waals surface area contributed by atoms with Gasteiger partial charge < -0.3 is 9.67 Å². The molecule has 1 atom stereocenters. The second kappa shape index (κ2) is 6.31. The van der Waals surface area contributed by atoms with Gasteiger partial charge in [-0.15, -0.1) is 0 Å². The molecule has 0 amide bonds. The summed E-state index contributed by atoms with van der Waals surface area (Å²) in [5, 5.41) is 16.1. The van der Waals surface area contributed by atoms with Crippen molar-refractivity contribution >= 4 is 22.5 Å². The average Bonchev–Trinajstić information content (AvgIpc) is 3.57. The van der Waals surface area contributed by atoms with E-state index in [0.29, 0.717) is 23.9 Å². The molecular formula is C20H18ClF3N4O2. The van der Waals surface area contributed by atoms with E-state index in [1.807, 2.05) is 0 Å². The minimum atomic E-state index is -4.69. The predicted molar refractivity (Wildman–Crippen MR) is 103 cm³/mol. The minimum absolute atomic E-state index is 0.152. The van der Waals surface area contributed by atoms with Crippen LogP contribution in [0.1, 0.15) is 48.7 Å². The zero-order valence-corrected chi connectivity index (χ0v) is 16.7. The first-order valence-corrected chi connectivity index (χ1v) is 10.0. The monoisotopic (exact) mass is 438 g/mol. The summed E-state index contributed by atoms with van der Waals surface area (Å²) in [6.45, 7) is 0. The summed E-state index contributed by atoms with van der Waals surface area (Å²) in [6.07, 6.45) is 1.25. The molecule has 0 bridgehead atoms. The second-order valence-electron chi connectivity index (χ2n) is 8.09. The van der Waals surface area contributed by atoms with Crippen LogP contribution in [0.25, 0.3) is 10.9 Å². The third-order valence-corrected chi connectivity index (χ3v) is 6.23. The number of aromatic nitrogens is 4. The van der Waals surface area contributed by atoms with E-state index in [1.54, 1.807) is 23.9 Å². The van der Waals surface area contributed by atoms with E-state index >= 15 is 0 Å². The Morgan fingerprint density at radius 2 is 1.93 bits per heavy atom. The quantitative estimate of drug-likeness (QED) is 0.672. The van der Waals surface area contributed by atoms with E-state index in [0.717, 1.165) is 25.1 Å². The molecule has 0 spiro atoms. The van der Waals surface area contributed by atoms with E-state index in [-0.39, 0.29) is 28.6 Å². The van der Waals surface area contributed by atoms with Crippen molar-refractivity contribution in [3.63, 3.8) is 0 Å². The fraction of sp³-hybridized carbons (Fsp3) is 0.450. The van der Waals surface area contributed by atoms with Gasteiger partial charge in [0.2, 0.25) is 0 Å². The summed E-state index contributed by atoms with van der Waals surface area (Å²) in [6, 6.07) is 3.02. The van der Waals surface area contributed by atoms with Crippen LogP contribution in [0, 0.1) is 5.92 Å². The maximum absolute atomic E-state index is 13.1. The van der Waals surface area contributed by atoms with Gasteiger partial charge in [-0.3, -0.25) is 9.48 Å². The number of hydrogen-bond acceptors (Lipinski definition) is 4. The molecule has 2 aliphatic rings. The predicted octanol–water partition coefficient (Wildman–Crippen LogP) is 3.78. The Labute approximate surface area is 173 Å². The molecule has 0 saturated heterocycles. The van der Waals surface area contributed by atoms with Crippen LogP contribution in [0.15, 0.2) is 29.3 Å². The summed E-state index contributed by atoms with van der Waals surface area (Å²) < 4.78 is 42.3.